The fraction of sp³-hybridized carbons (Fsp3) is 0.562. The van der Waals surface area contributed by atoms with Crippen LogP contribution < -0.4 is 14.8 Å². The minimum Gasteiger partial charge on any atom is -0.491 e. The van der Waals surface area contributed by atoms with Crippen LogP contribution in [0, 0.1) is 0 Å². The predicted molar refractivity (Wildman–Crippen MR) is 82.3 cm³/mol. The standard InChI is InChI=1S/C16H22F3NO4/c1-4-11(3)24-12-6-7-14(13(10-12)16(17,18)19)23-9-8-20-15(21)22-5-2/h6-7,10-11H,4-5,8-9H2,1-3H3,(H,20,21). The number of alkyl carbamates (subject to hydrolysis) is 1. The maximum atomic E-state index is 13.2. The summed E-state index contributed by atoms with van der Waals surface area (Å²) in [4.78, 5) is 11.1. The molecule has 24 heavy (non-hydrogen) atoms. The van der Waals surface area contributed by atoms with E-state index in [0.29, 0.717) is 6.42 Å². The van der Waals surface area contributed by atoms with Crippen LogP contribution in [0.1, 0.15) is 32.8 Å². The molecule has 0 spiro atoms. The second kappa shape index (κ2) is 9.24. The van der Waals surface area contributed by atoms with Crippen molar-refractivity contribution in [2.24, 2.45) is 0 Å². The van der Waals surface area contributed by atoms with Gasteiger partial charge < -0.3 is 19.5 Å². The number of carbonyl (C=O) groups is 1. The highest BCUT2D eigenvalue weighted by atomic mass is 19.4. The molecule has 5 nitrogen and oxygen atoms in total. The number of ether oxygens (including phenoxy) is 3. The Morgan fingerprint density at radius 1 is 1.29 bits per heavy atom. The van der Waals surface area contributed by atoms with Crippen molar-refractivity contribution in [2.45, 2.75) is 39.5 Å². The van der Waals surface area contributed by atoms with Gasteiger partial charge in [-0.1, -0.05) is 6.92 Å². The van der Waals surface area contributed by atoms with Crippen molar-refractivity contribution < 1.29 is 32.2 Å². The molecule has 1 rings (SSSR count). The zero-order chi connectivity index (χ0) is 18.2. The molecule has 0 saturated carbocycles. The SMILES string of the molecule is CCOC(=O)NCCOc1ccc(OC(C)CC)cc1C(F)(F)F. The third-order valence-corrected chi connectivity index (χ3v) is 3.07. The van der Waals surface area contributed by atoms with Gasteiger partial charge in [-0.25, -0.2) is 4.79 Å². The van der Waals surface area contributed by atoms with Crippen LogP contribution in [-0.2, 0) is 10.9 Å². The third kappa shape index (κ3) is 6.55. The molecule has 0 bridgehead atoms. The molecule has 0 heterocycles. The van der Waals surface area contributed by atoms with E-state index >= 15 is 0 Å². The van der Waals surface area contributed by atoms with Gasteiger partial charge in [0.1, 0.15) is 23.7 Å². The quantitative estimate of drug-likeness (QED) is 0.721. The van der Waals surface area contributed by atoms with Crippen molar-refractivity contribution in [3.63, 3.8) is 0 Å². The molecule has 1 amide bonds. The third-order valence-electron chi connectivity index (χ3n) is 3.07. The lowest BCUT2D eigenvalue weighted by Crippen LogP contribution is -2.28. The van der Waals surface area contributed by atoms with Gasteiger partial charge in [-0.15, -0.1) is 0 Å². The van der Waals surface area contributed by atoms with Crippen LogP contribution in [0.5, 0.6) is 11.5 Å². The second-order valence-electron chi connectivity index (χ2n) is 4.99. The molecule has 1 unspecified atom stereocenters. The smallest absolute Gasteiger partial charge is 0.420 e. The Hall–Kier alpha value is -2.12. The normalized spacial score (nSPS) is 12.4. The first-order valence-electron chi connectivity index (χ1n) is 7.69. The van der Waals surface area contributed by atoms with Crippen LogP contribution in [0.3, 0.4) is 0 Å². The van der Waals surface area contributed by atoms with E-state index in [0.717, 1.165) is 6.07 Å². The van der Waals surface area contributed by atoms with Gasteiger partial charge in [0.05, 0.1) is 19.3 Å². The average molecular weight is 349 g/mol. The van der Waals surface area contributed by atoms with Gasteiger partial charge in [0.25, 0.3) is 0 Å². The number of hydrogen-bond acceptors (Lipinski definition) is 4. The van der Waals surface area contributed by atoms with Crippen LogP contribution in [-0.4, -0.2) is 32.0 Å². The molecule has 1 atom stereocenters. The van der Waals surface area contributed by atoms with E-state index in [9.17, 15) is 18.0 Å². The number of hydrogen-bond donors (Lipinski definition) is 1. The monoisotopic (exact) mass is 349 g/mol. The van der Waals surface area contributed by atoms with E-state index in [1.165, 1.54) is 12.1 Å². The number of amides is 1. The van der Waals surface area contributed by atoms with E-state index in [1.54, 1.807) is 13.8 Å². The highest BCUT2D eigenvalue weighted by Gasteiger charge is 2.35. The summed E-state index contributed by atoms with van der Waals surface area (Å²) in [6, 6.07) is 3.56. The lowest BCUT2D eigenvalue weighted by molar-refractivity contribution is -0.139. The molecule has 0 radical (unpaired) electrons. The molecule has 0 saturated heterocycles. The van der Waals surface area contributed by atoms with Gasteiger partial charge in [-0.2, -0.15) is 13.2 Å². The van der Waals surface area contributed by atoms with Crippen LogP contribution >= 0.6 is 0 Å². The number of alkyl halides is 3. The lowest BCUT2D eigenvalue weighted by atomic mass is 10.1. The van der Waals surface area contributed by atoms with E-state index < -0.39 is 17.8 Å². The molecule has 1 aromatic carbocycles. The molecule has 0 aromatic heterocycles. The lowest BCUT2D eigenvalue weighted by Gasteiger charge is -2.18. The highest BCUT2D eigenvalue weighted by molar-refractivity contribution is 5.66. The van der Waals surface area contributed by atoms with Crippen LogP contribution in [0.15, 0.2) is 18.2 Å². The molecule has 0 aliphatic carbocycles. The van der Waals surface area contributed by atoms with Crippen molar-refractivity contribution in [3.8, 4) is 11.5 Å². The van der Waals surface area contributed by atoms with Gasteiger partial charge in [-0.05, 0) is 38.5 Å². The first-order valence-corrected chi connectivity index (χ1v) is 7.69. The van der Waals surface area contributed by atoms with Gasteiger partial charge in [0.2, 0.25) is 0 Å². The van der Waals surface area contributed by atoms with Gasteiger partial charge in [-0.3, -0.25) is 0 Å². The Labute approximate surface area is 139 Å². The molecule has 136 valence electrons. The number of carbonyl (C=O) groups excluding carboxylic acids is 1. The molecular weight excluding hydrogens is 327 g/mol. The molecular formula is C16H22F3NO4. The fourth-order valence-electron chi connectivity index (χ4n) is 1.74. The van der Waals surface area contributed by atoms with E-state index in [-0.39, 0.29) is 37.4 Å². The van der Waals surface area contributed by atoms with Crippen LogP contribution in [0.25, 0.3) is 0 Å². The van der Waals surface area contributed by atoms with Crippen LogP contribution in [0.4, 0.5) is 18.0 Å². The van der Waals surface area contributed by atoms with E-state index in [2.05, 4.69) is 10.1 Å². The summed E-state index contributed by atoms with van der Waals surface area (Å²) in [6.07, 6.45) is -4.72. The van der Waals surface area contributed by atoms with Crippen molar-refractivity contribution in [1.29, 1.82) is 0 Å². The largest absolute Gasteiger partial charge is 0.491 e. The highest BCUT2D eigenvalue weighted by Crippen LogP contribution is 2.38. The zero-order valence-corrected chi connectivity index (χ0v) is 13.9. The summed E-state index contributed by atoms with van der Waals surface area (Å²) in [7, 11) is 0. The van der Waals surface area contributed by atoms with E-state index in [1.807, 2.05) is 6.92 Å². The number of rotatable bonds is 8. The summed E-state index contributed by atoms with van der Waals surface area (Å²) in [6.45, 7) is 5.42. The summed E-state index contributed by atoms with van der Waals surface area (Å²) >= 11 is 0. The molecule has 8 heteroatoms. The minimum atomic E-state index is -4.57. The molecule has 0 aliphatic heterocycles. The van der Waals surface area contributed by atoms with Crippen LogP contribution in [0.2, 0.25) is 0 Å². The molecule has 1 N–H and O–H groups in total. The summed E-state index contributed by atoms with van der Waals surface area (Å²) < 4.78 is 54.7. The van der Waals surface area contributed by atoms with E-state index in [4.69, 9.17) is 9.47 Å². The maximum absolute atomic E-state index is 13.2. The van der Waals surface area contributed by atoms with Gasteiger partial charge in [0, 0.05) is 0 Å². The number of halogens is 3. The maximum Gasteiger partial charge on any atom is 0.420 e. The predicted octanol–water partition coefficient (Wildman–Crippen LogP) is 4.01. The molecule has 0 fully saturated rings. The minimum absolute atomic E-state index is 0.0290. The average Bonchev–Trinajstić information content (AvgIpc) is 2.51. The van der Waals surface area contributed by atoms with Gasteiger partial charge >= 0.3 is 12.3 Å². The topological polar surface area (TPSA) is 56.8 Å². The Morgan fingerprint density at radius 2 is 2.00 bits per heavy atom. The Balaban J connectivity index is 2.73. The Morgan fingerprint density at radius 3 is 2.58 bits per heavy atom. The van der Waals surface area contributed by atoms with Gasteiger partial charge in [0.15, 0.2) is 0 Å². The van der Waals surface area contributed by atoms with Crippen molar-refractivity contribution in [2.75, 3.05) is 19.8 Å². The molecule has 1 aromatic rings. The first-order chi connectivity index (χ1) is 11.3. The zero-order valence-electron chi connectivity index (χ0n) is 13.9. The van der Waals surface area contributed by atoms with Crippen molar-refractivity contribution >= 4 is 6.09 Å². The second-order valence-corrected chi connectivity index (χ2v) is 4.99. The number of benzene rings is 1. The van der Waals surface area contributed by atoms with Crippen molar-refractivity contribution in [3.05, 3.63) is 23.8 Å². The molecule has 0 aliphatic rings. The number of nitrogens with one attached hydrogen (secondary N) is 1. The van der Waals surface area contributed by atoms with Crippen molar-refractivity contribution in [1.82, 2.24) is 5.32 Å². The summed E-state index contributed by atoms with van der Waals surface area (Å²) in [5.74, 6) is -0.182. The summed E-state index contributed by atoms with van der Waals surface area (Å²) in [5.41, 5.74) is -0.917. The summed E-state index contributed by atoms with van der Waals surface area (Å²) in [5, 5.41) is 2.37. The Bertz CT molecular complexity index is 535. The fourth-order valence-corrected chi connectivity index (χ4v) is 1.74. The Kier molecular flexibility index (Phi) is 7.67. The first kappa shape index (κ1) is 19.9.